The number of hydrogen-bond donors (Lipinski definition) is 0. The Bertz CT molecular complexity index is 572. The lowest BCUT2D eigenvalue weighted by Crippen LogP contribution is -2.03. The average Bonchev–Trinajstić information content (AvgIpc) is 2.79. The van der Waals surface area contributed by atoms with E-state index in [0.717, 1.165) is 0 Å². The summed E-state index contributed by atoms with van der Waals surface area (Å²) in [4.78, 5) is 12.2. The largest absolute Gasteiger partial charge is 0.466 e. The molecule has 1 aliphatic rings. The Hall–Kier alpha value is -1.88. The molecule has 100 valence electrons. The quantitative estimate of drug-likeness (QED) is 0.797. The SMILES string of the molecule is COC(=O)C1=C(C)O/C(=C\S(=O)c2ccccc2)C1. The first kappa shape index (κ1) is 13.5. The maximum Gasteiger partial charge on any atom is 0.337 e. The van der Waals surface area contributed by atoms with Crippen molar-refractivity contribution in [2.75, 3.05) is 7.11 Å². The molecule has 0 N–H and O–H groups in total. The molecule has 0 saturated carbocycles. The van der Waals surface area contributed by atoms with Gasteiger partial charge < -0.3 is 9.47 Å². The second-order valence-corrected chi connectivity index (χ2v) is 5.30. The minimum atomic E-state index is -1.28. The van der Waals surface area contributed by atoms with Crippen LogP contribution in [0.4, 0.5) is 0 Å². The Morgan fingerprint density at radius 1 is 1.37 bits per heavy atom. The fourth-order valence-electron chi connectivity index (χ4n) is 1.74. The molecule has 0 radical (unpaired) electrons. The summed E-state index contributed by atoms with van der Waals surface area (Å²) in [5.41, 5.74) is 0.471. The van der Waals surface area contributed by atoms with Crippen molar-refractivity contribution < 1.29 is 18.5 Å². The summed E-state index contributed by atoms with van der Waals surface area (Å²) in [6.07, 6.45) is 0.317. The van der Waals surface area contributed by atoms with Crippen LogP contribution in [0.2, 0.25) is 0 Å². The van der Waals surface area contributed by atoms with Crippen molar-refractivity contribution in [3.05, 3.63) is 52.8 Å². The smallest absolute Gasteiger partial charge is 0.337 e. The van der Waals surface area contributed by atoms with Gasteiger partial charge in [-0.1, -0.05) is 18.2 Å². The molecule has 1 heterocycles. The minimum Gasteiger partial charge on any atom is -0.466 e. The molecule has 19 heavy (non-hydrogen) atoms. The van der Waals surface area contributed by atoms with Gasteiger partial charge in [-0.3, -0.25) is 0 Å². The first-order chi connectivity index (χ1) is 9.11. The van der Waals surface area contributed by atoms with Crippen molar-refractivity contribution in [3.8, 4) is 0 Å². The molecule has 0 aromatic heterocycles. The number of hydrogen-bond acceptors (Lipinski definition) is 4. The van der Waals surface area contributed by atoms with E-state index < -0.39 is 16.8 Å². The summed E-state index contributed by atoms with van der Waals surface area (Å²) < 4.78 is 22.2. The lowest BCUT2D eigenvalue weighted by molar-refractivity contribution is -0.136. The van der Waals surface area contributed by atoms with Crippen molar-refractivity contribution in [1.82, 2.24) is 0 Å². The van der Waals surface area contributed by atoms with E-state index >= 15 is 0 Å². The van der Waals surface area contributed by atoms with Gasteiger partial charge in [0.05, 0.1) is 23.5 Å². The highest BCUT2D eigenvalue weighted by molar-refractivity contribution is 7.88. The summed E-state index contributed by atoms with van der Waals surface area (Å²) in [6.45, 7) is 1.69. The minimum absolute atomic E-state index is 0.317. The van der Waals surface area contributed by atoms with E-state index in [1.54, 1.807) is 19.1 Å². The molecule has 1 aliphatic heterocycles. The van der Waals surface area contributed by atoms with Gasteiger partial charge >= 0.3 is 5.97 Å². The molecule has 1 unspecified atom stereocenters. The Labute approximate surface area is 114 Å². The Morgan fingerprint density at radius 2 is 2.05 bits per heavy atom. The average molecular weight is 278 g/mol. The van der Waals surface area contributed by atoms with E-state index in [4.69, 9.17) is 4.74 Å². The predicted molar refractivity (Wildman–Crippen MR) is 71.4 cm³/mol. The molecule has 0 saturated heterocycles. The first-order valence-electron chi connectivity index (χ1n) is 5.74. The van der Waals surface area contributed by atoms with Crippen LogP contribution in [0.1, 0.15) is 13.3 Å². The van der Waals surface area contributed by atoms with E-state index in [0.29, 0.717) is 28.4 Å². The van der Waals surface area contributed by atoms with Crippen LogP contribution < -0.4 is 0 Å². The van der Waals surface area contributed by atoms with E-state index in [9.17, 15) is 9.00 Å². The maximum absolute atomic E-state index is 12.1. The molecule has 1 aromatic carbocycles. The monoisotopic (exact) mass is 278 g/mol. The zero-order chi connectivity index (χ0) is 13.8. The van der Waals surface area contributed by atoms with Gasteiger partial charge in [-0.25, -0.2) is 9.00 Å². The Balaban J connectivity index is 2.13. The number of ether oxygens (including phenoxy) is 2. The predicted octanol–water partition coefficient (Wildman–Crippen LogP) is 2.50. The number of methoxy groups -OCH3 is 1. The molecular formula is C14H14O4S. The summed E-state index contributed by atoms with van der Waals surface area (Å²) in [7, 11) is 0.0417. The number of rotatable bonds is 3. The van der Waals surface area contributed by atoms with Gasteiger partial charge in [-0.2, -0.15) is 0 Å². The van der Waals surface area contributed by atoms with Crippen molar-refractivity contribution in [2.45, 2.75) is 18.2 Å². The highest BCUT2D eigenvalue weighted by atomic mass is 32.2. The van der Waals surface area contributed by atoms with Crippen LogP contribution in [0.3, 0.4) is 0 Å². The number of benzene rings is 1. The van der Waals surface area contributed by atoms with Gasteiger partial charge in [-0.05, 0) is 19.1 Å². The number of carbonyl (C=O) groups is 1. The van der Waals surface area contributed by atoms with Crippen LogP contribution >= 0.6 is 0 Å². The number of carbonyl (C=O) groups excluding carboxylic acids is 1. The van der Waals surface area contributed by atoms with Crippen molar-refractivity contribution in [3.63, 3.8) is 0 Å². The highest BCUT2D eigenvalue weighted by Gasteiger charge is 2.24. The summed E-state index contributed by atoms with van der Waals surface area (Å²) in [6, 6.07) is 9.07. The summed E-state index contributed by atoms with van der Waals surface area (Å²) >= 11 is 0. The van der Waals surface area contributed by atoms with E-state index in [-0.39, 0.29) is 0 Å². The van der Waals surface area contributed by atoms with Gasteiger partial charge in [0.1, 0.15) is 11.5 Å². The van der Waals surface area contributed by atoms with Crippen LogP contribution in [0.5, 0.6) is 0 Å². The van der Waals surface area contributed by atoms with Crippen molar-refractivity contribution >= 4 is 16.8 Å². The fourth-order valence-corrected chi connectivity index (χ4v) is 2.67. The lowest BCUT2D eigenvalue weighted by Gasteiger charge is -2.00. The van der Waals surface area contributed by atoms with Gasteiger partial charge in [-0.15, -0.1) is 0 Å². The molecular weight excluding hydrogens is 264 g/mol. The van der Waals surface area contributed by atoms with Crippen LogP contribution in [0.25, 0.3) is 0 Å². The van der Waals surface area contributed by atoms with Crippen molar-refractivity contribution in [2.24, 2.45) is 0 Å². The van der Waals surface area contributed by atoms with Crippen LogP contribution in [0, 0.1) is 0 Å². The number of esters is 1. The first-order valence-corrected chi connectivity index (χ1v) is 6.95. The van der Waals surface area contributed by atoms with Crippen LogP contribution in [0.15, 0.2) is 57.7 Å². The summed E-state index contributed by atoms with van der Waals surface area (Å²) in [5.74, 6) is 0.606. The third kappa shape index (κ3) is 3.12. The second kappa shape index (κ2) is 5.84. The topological polar surface area (TPSA) is 52.6 Å². The standard InChI is InChI=1S/C14H14O4S/c1-10-13(14(15)17-2)8-11(18-10)9-19(16)12-6-4-3-5-7-12/h3-7,9H,8H2,1-2H3/b11-9-. The molecule has 0 spiro atoms. The molecule has 4 nitrogen and oxygen atoms in total. The zero-order valence-corrected chi connectivity index (χ0v) is 11.5. The van der Waals surface area contributed by atoms with Gasteiger partial charge in [0.2, 0.25) is 0 Å². The third-order valence-corrected chi connectivity index (χ3v) is 3.92. The Morgan fingerprint density at radius 3 is 2.68 bits per heavy atom. The number of allylic oxidation sites excluding steroid dienone is 2. The van der Waals surface area contributed by atoms with E-state index in [2.05, 4.69) is 4.74 Å². The molecule has 0 aliphatic carbocycles. The molecule has 1 atom stereocenters. The molecule has 2 rings (SSSR count). The van der Waals surface area contributed by atoms with E-state index in [1.807, 2.05) is 18.2 Å². The molecule has 1 aromatic rings. The fraction of sp³-hybridized carbons (Fsp3) is 0.214. The van der Waals surface area contributed by atoms with Crippen LogP contribution in [-0.4, -0.2) is 17.3 Å². The van der Waals surface area contributed by atoms with Crippen LogP contribution in [-0.2, 0) is 25.1 Å². The molecule has 0 fully saturated rings. The molecule has 0 amide bonds. The van der Waals surface area contributed by atoms with Crippen molar-refractivity contribution in [1.29, 1.82) is 0 Å². The zero-order valence-electron chi connectivity index (χ0n) is 10.7. The Kier molecular flexibility index (Phi) is 4.16. The van der Waals surface area contributed by atoms with E-state index in [1.165, 1.54) is 12.5 Å². The normalized spacial score (nSPS) is 18.3. The third-order valence-electron chi connectivity index (χ3n) is 2.71. The lowest BCUT2D eigenvalue weighted by atomic mass is 10.2. The summed E-state index contributed by atoms with van der Waals surface area (Å²) in [5, 5.41) is 1.52. The highest BCUT2D eigenvalue weighted by Crippen LogP contribution is 2.29. The maximum atomic E-state index is 12.1. The van der Waals surface area contributed by atoms with Gasteiger partial charge in [0.15, 0.2) is 0 Å². The van der Waals surface area contributed by atoms with Gasteiger partial charge in [0, 0.05) is 16.7 Å². The molecule has 5 heteroatoms. The second-order valence-electron chi connectivity index (χ2n) is 4.00. The molecule has 0 bridgehead atoms. The van der Waals surface area contributed by atoms with Gasteiger partial charge in [0.25, 0.3) is 0 Å².